The molecule has 108 valence electrons. The average molecular weight is 283 g/mol. The summed E-state index contributed by atoms with van der Waals surface area (Å²) in [5.74, 6) is -1.53. The molecule has 2 N–H and O–H groups in total. The Labute approximate surface area is 123 Å². The van der Waals surface area contributed by atoms with Crippen molar-refractivity contribution in [1.82, 2.24) is 0 Å². The maximum Gasteiger partial charge on any atom is 0.336 e. The highest BCUT2D eigenvalue weighted by Gasteiger charge is 2.15. The van der Waals surface area contributed by atoms with Crippen LogP contribution in [0.4, 0.5) is 5.69 Å². The summed E-state index contributed by atoms with van der Waals surface area (Å²) in [6.45, 7) is 2.11. The zero-order chi connectivity index (χ0) is 15.2. The van der Waals surface area contributed by atoms with E-state index in [9.17, 15) is 9.59 Å². The van der Waals surface area contributed by atoms with E-state index < -0.39 is 11.9 Å². The van der Waals surface area contributed by atoms with Gasteiger partial charge in [0.2, 0.25) is 0 Å². The van der Waals surface area contributed by atoms with Gasteiger partial charge in [0.15, 0.2) is 0 Å². The second kappa shape index (κ2) is 6.70. The summed E-state index contributed by atoms with van der Waals surface area (Å²) in [5, 5.41) is 11.8. The second-order valence-corrected chi connectivity index (χ2v) is 4.75. The molecule has 0 unspecified atom stereocenters. The number of hydrogen-bond donors (Lipinski definition) is 2. The van der Waals surface area contributed by atoms with Crippen LogP contribution in [0.1, 0.15) is 39.6 Å². The minimum Gasteiger partial charge on any atom is -0.478 e. The normalized spacial score (nSPS) is 10.1. The minimum absolute atomic E-state index is 0.00222. The van der Waals surface area contributed by atoms with Crippen LogP contribution in [0.5, 0.6) is 0 Å². The number of nitrogens with one attached hydrogen (secondary N) is 1. The van der Waals surface area contributed by atoms with Gasteiger partial charge in [-0.3, -0.25) is 4.79 Å². The minimum atomic E-state index is -1.11. The van der Waals surface area contributed by atoms with Gasteiger partial charge >= 0.3 is 5.97 Å². The fourth-order valence-electron chi connectivity index (χ4n) is 2.11. The van der Waals surface area contributed by atoms with Gasteiger partial charge in [0, 0.05) is 5.69 Å². The third-order valence-electron chi connectivity index (χ3n) is 3.15. The Morgan fingerprint density at radius 2 is 1.62 bits per heavy atom. The van der Waals surface area contributed by atoms with Crippen LogP contribution in [-0.2, 0) is 6.42 Å². The molecule has 0 aliphatic carbocycles. The molecule has 2 rings (SSSR count). The van der Waals surface area contributed by atoms with Crippen LogP contribution in [-0.4, -0.2) is 17.0 Å². The summed E-state index contributed by atoms with van der Waals surface area (Å²) in [6, 6.07) is 13.7. The van der Waals surface area contributed by atoms with E-state index in [0.717, 1.165) is 12.8 Å². The van der Waals surface area contributed by atoms with E-state index in [1.807, 2.05) is 24.3 Å². The van der Waals surface area contributed by atoms with Gasteiger partial charge in [0.05, 0.1) is 11.1 Å². The van der Waals surface area contributed by atoms with Crippen molar-refractivity contribution >= 4 is 17.6 Å². The Balaban J connectivity index is 2.16. The fraction of sp³-hybridized carbons (Fsp3) is 0.176. The van der Waals surface area contributed by atoms with Crippen molar-refractivity contribution in [3.8, 4) is 0 Å². The average Bonchev–Trinajstić information content (AvgIpc) is 2.49. The van der Waals surface area contributed by atoms with Crippen LogP contribution in [0.25, 0.3) is 0 Å². The summed E-state index contributed by atoms with van der Waals surface area (Å²) >= 11 is 0. The molecule has 0 aromatic heterocycles. The lowest BCUT2D eigenvalue weighted by Gasteiger charge is -2.08. The summed E-state index contributed by atoms with van der Waals surface area (Å²) < 4.78 is 0. The van der Waals surface area contributed by atoms with Crippen LogP contribution < -0.4 is 5.32 Å². The number of hydrogen-bond acceptors (Lipinski definition) is 2. The molecule has 4 nitrogen and oxygen atoms in total. The Morgan fingerprint density at radius 1 is 1.00 bits per heavy atom. The topological polar surface area (TPSA) is 66.4 Å². The molecule has 21 heavy (non-hydrogen) atoms. The lowest BCUT2D eigenvalue weighted by molar-refractivity contribution is 0.0692. The third kappa shape index (κ3) is 3.69. The summed E-state index contributed by atoms with van der Waals surface area (Å²) in [6.07, 6.45) is 2.06. The molecule has 0 aliphatic heterocycles. The second-order valence-electron chi connectivity index (χ2n) is 4.75. The summed E-state index contributed by atoms with van der Waals surface area (Å²) in [7, 11) is 0. The molecule has 0 saturated heterocycles. The maximum absolute atomic E-state index is 12.2. The molecule has 4 heteroatoms. The fourth-order valence-corrected chi connectivity index (χ4v) is 2.11. The van der Waals surface area contributed by atoms with E-state index in [1.165, 1.54) is 17.7 Å². The highest BCUT2D eigenvalue weighted by atomic mass is 16.4. The van der Waals surface area contributed by atoms with Crippen molar-refractivity contribution in [3.63, 3.8) is 0 Å². The van der Waals surface area contributed by atoms with Crippen LogP contribution in [0.15, 0.2) is 48.5 Å². The smallest absolute Gasteiger partial charge is 0.336 e. The van der Waals surface area contributed by atoms with Crippen molar-refractivity contribution in [2.45, 2.75) is 19.8 Å². The first kappa shape index (κ1) is 14.8. The van der Waals surface area contributed by atoms with Crippen LogP contribution >= 0.6 is 0 Å². The summed E-state index contributed by atoms with van der Waals surface area (Å²) in [5.41, 5.74) is 2.02. The number of anilines is 1. The quantitative estimate of drug-likeness (QED) is 0.881. The van der Waals surface area contributed by atoms with Crippen LogP contribution in [0.3, 0.4) is 0 Å². The molecule has 0 aliphatic rings. The van der Waals surface area contributed by atoms with E-state index in [1.54, 1.807) is 12.1 Å². The Hall–Kier alpha value is -2.62. The number of benzene rings is 2. The molecule has 2 aromatic rings. The number of carboxylic acid groups (broad SMARTS) is 1. The Morgan fingerprint density at radius 3 is 2.19 bits per heavy atom. The highest BCUT2D eigenvalue weighted by molar-refractivity contribution is 6.10. The first-order valence-electron chi connectivity index (χ1n) is 6.84. The van der Waals surface area contributed by atoms with Crippen LogP contribution in [0, 0.1) is 0 Å². The number of aromatic carboxylic acids is 1. The largest absolute Gasteiger partial charge is 0.478 e. The predicted octanol–water partition coefficient (Wildman–Crippen LogP) is 3.59. The zero-order valence-corrected chi connectivity index (χ0v) is 11.8. The lowest BCUT2D eigenvalue weighted by atomic mass is 10.1. The van der Waals surface area contributed by atoms with Crippen molar-refractivity contribution in [2.24, 2.45) is 0 Å². The van der Waals surface area contributed by atoms with Gasteiger partial charge < -0.3 is 10.4 Å². The van der Waals surface area contributed by atoms with Gasteiger partial charge in [-0.2, -0.15) is 0 Å². The molecule has 0 radical (unpaired) electrons. The number of carbonyl (C=O) groups is 2. The van der Waals surface area contributed by atoms with Crippen molar-refractivity contribution < 1.29 is 14.7 Å². The first-order chi connectivity index (χ1) is 10.1. The van der Waals surface area contributed by atoms with Crippen molar-refractivity contribution in [3.05, 3.63) is 65.2 Å². The molecular weight excluding hydrogens is 266 g/mol. The lowest BCUT2D eigenvalue weighted by Crippen LogP contribution is -2.16. The van der Waals surface area contributed by atoms with Gasteiger partial charge in [-0.1, -0.05) is 37.6 Å². The molecule has 0 fully saturated rings. The number of rotatable bonds is 5. The van der Waals surface area contributed by atoms with Crippen LogP contribution in [0.2, 0.25) is 0 Å². The number of amides is 1. The molecule has 0 spiro atoms. The van der Waals surface area contributed by atoms with Gasteiger partial charge in [-0.25, -0.2) is 4.79 Å². The van der Waals surface area contributed by atoms with E-state index >= 15 is 0 Å². The van der Waals surface area contributed by atoms with Gasteiger partial charge in [-0.05, 0) is 36.2 Å². The molecule has 0 saturated carbocycles. The third-order valence-corrected chi connectivity index (χ3v) is 3.15. The maximum atomic E-state index is 12.2. The monoisotopic (exact) mass is 283 g/mol. The standard InChI is InChI=1S/C17H17NO3/c1-2-5-12-8-10-13(11-9-12)18-16(19)14-6-3-4-7-15(14)17(20)21/h3-4,6-11H,2,5H2,1H3,(H,18,19)(H,20,21). The highest BCUT2D eigenvalue weighted by Crippen LogP contribution is 2.15. The number of carboxylic acids is 1. The summed E-state index contributed by atoms with van der Waals surface area (Å²) in [4.78, 5) is 23.3. The number of carbonyl (C=O) groups excluding carboxylic acids is 1. The molecule has 0 bridgehead atoms. The molecule has 0 atom stereocenters. The van der Waals surface area contributed by atoms with E-state index in [2.05, 4.69) is 12.2 Å². The molecular formula is C17H17NO3. The van der Waals surface area contributed by atoms with E-state index in [4.69, 9.17) is 5.11 Å². The SMILES string of the molecule is CCCc1ccc(NC(=O)c2ccccc2C(=O)O)cc1. The van der Waals surface area contributed by atoms with Crippen molar-refractivity contribution in [1.29, 1.82) is 0 Å². The Bertz CT molecular complexity index is 647. The van der Waals surface area contributed by atoms with Gasteiger partial charge in [-0.15, -0.1) is 0 Å². The van der Waals surface area contributed by atoms with Gasteiger partial charge in [0.1, 0.15) is 0 Å². The van der Waals surface area contributed by atoms with E-state index in [0.29, 0.717) is 5.69 Å². The number of aryl methyl sites for hydroxylation is 1. The predicted molar refractivity (Wildman–Crippen MR) is 81.8 cm³/mol. The Kier molecular flexibility index (Phi) is 4.72. The molecule has 0 heterocycles. The molecule has 1 amide bonds. The zero-order valence-electron chi connectivity index (χ0n) is 11.8. The van der Waals surface area contributed by atoms with Gasteiger partial charge in [0.25, 0.3) is 5.91 Å². The van der Waals surface area contributed by atoms with Crippen molar-refractivity contribution in [2.75, 3.05) is 5.32 Å². The van der Waals surface area contributed by atoms with E-state index in [-0.39, 0.29) is 11.1 Å². The first-order valence-corrected chi connectivity index (χ1v) is 6.84. The molecule has 2 aromatic carbocycles.